The van der Waals surface area contributed by atoms with Crippen LogP contribution in [-0.4, -0.2) is 73.0 Å². The molecule has 0 saturated carbocycles. The summed E-state index contributed by atoms with van der Waals surface area (Å²) in [6.07, 6.45) is 1.75. The third-order valence-electron chi connectivity index (χ3n) is 7.85. The van der Waals surface area contributed by atoms with E-state index < -0.39 is 6.61 Å². The van der Waals surface area contributed by atoms with Gasteiger partial charge in [0.15, 0.2) is 0 Å². The monoisotopic (exact) mass is 536 g/mol. The second-order valence-electron chi connectivity index (χ2n) is 10.3. The van der Waals surface area contributed by atoms with E-state index in [-0.39, 0.29) is 12.0 Å². The van der Waals surface area contributed by atoms with Crippen LogP contribution in [0.3, 0.4) is 0 Å². The van der Waals surface area contributed by atoms with E-state index in [0.717, 1.165) is 64.9 Å². The number of nitrogens with one attached hydrogen (secondary N) is 1. The Hall–Kier alpha value is -4.32. The molecule has 0 aliphatic carbocycles. The number of aromatic nitrogens is 1. The second kappa shape index (κ2) is 11.4. The number of benzene rings is 3. The number of nitrogens with zero attached hydrogens (tertiary/aromatic N) is 3. The fraction of sp³-hybridized carbons (Fsp3) is 0.312. The topological polar surface area (TPSA) is 102 Å². The molecule has 0 bridgehead atoms. The third kappa shape index (κ3) is 5.26. The molecule has 8 nitrogen and oxygen atoms in total. The van der Waals surface area contributed by atoms with Crippen molar-refractivity contribution in [3.8, 4) is 34.2 Å². The zero-order valence-electron chi connectivity index (χ0n) is 22.3. The summed E-state index contributed by atoms with van der Waals surface area (Å²) in [5, 5.41) is 20.1. The lowest BCUT2D eigenvalue weighted by atomic mass is 9.99. The van der Waals surface area contributed by atoms with E-state index in [1.165, 1.54) is 0 Å². The van der Waals surface area contributed by atoms with Crippen molar-refractivity contribution in [1.29, 1.82) is 5.26 Å². The Morgan fingerprint density at radius 2 is 1.75 bits per heavy atom. The molecule has 0 spiro atoms. The molecule has 4 aromatic rings. The lowest BCUT2D eigenvalue weighted by molar-refractivity contribution is -0.134. The van der Waals surface area contributed by atoms with Crippen LogP contribution in [0.15, 0.2) is 66.7 Å². The van der Waals surface area contributed by atoms with E-state index in [9.17, 15) is 10.1 Å². The zero-order chi connectivity index (χ0) is 27.5. The van der Waals surface area contributed by atoms with Crippen LogP contribution in [0.5, 0.6) is 5.75 Å². The Bertz CT molecular complexity index is 1540. The van der Waals surface area contributed by atoms with Gasteiger partial charge in [0.2, 0.25) is 5.91 Å². The number of aliphatic hydroxyl groups is 1. The Balaban J connectivity index is 1.22. The van der Waals surface area contributed by atoms with Crippen molar-refractivity contribution in [2.24, 2.45) is 0 Å². The largest absolute Gasteiger partial charge is 0.489 e. The van der Waals surface area contributed by atoms with Crippen molar-refractivity contribution in [3.63, 3.8) is 0 Å². The molecule has 8 heteroatoms. The highest BCUT2D eigenvalue weighted by Crippen LogP contribution is 2.35. The van der Waals surface area contributed by atoms with Gasteiger partial charge in [-0.05, 0) is 53.1 Å². The molecule has 2 saturated heterocycles. The van der Waals surface area contributed by atoms with Gasteiger partial charge in [-0.3, -0.25) is 4.79 Å². The number of H-pyrrole nitrogens is 1. The van der Waals surface area contributed by atoms with E-state index in [0.29, 0.717) is 37.6 Å². The van der Waals surface area contributed by atoms with Crippen LogP contribution in [-0.2, 0) is 9.53 Å². The number of rotatable bonds is 6. The third-order valence-corrected chi connectivity index (χ3v) is 7.85. The molecule has 2 aliphatic rings. The molecular weight excluding hydrogens is 504 g/mol. The van der Waals surface area contributed by atoms with Crippen molar-refractivity contribution in [3.05, 3.63) is 72.3 Å². The second-order valence-corrected chi connectivity index (χ2v) is 10.3. The standard InChI is InChI=1S/C32H32N4O4/c33-20-24-18-23(6-9-31(24)40-26-10-16-39-17-11-26)27-2-1-3-29-28(27)19-30(34-29)22-4-7-25(8-5-22)35-12-14-36(15-13-35)32(38)21-37/h1-9,18-19,26,34,37H,10-17,21H2. The van der Waals surface area contributed by atoms with E-state index in [4.69, 9.17) is 14.6 Å². The SMILES string of the molecule is N#Cc1cc(-c2cccc3[nH]c(-c4ccc(N5CCN(C(=O)CO)CC5)cc4)cc23)ccc1OC1CCOCC1. The number of anilines is 1. The Morgan fingerprint density at radius 1 is 1.00 bits per heavy atom. The predicted molar refractivity (Wildman–Crippen MR) is 154 cm³/mol. The van der Waals surface area contributed by atoms with Crippen molar-refractivity contribution in [1.82, 2.24) is 9.88 Å². The highest BCUT2D eigenvalue weighted by molar-refractivity contribution is 5.98. The molecule has 1 aromatic heterocycles. The number of aliphatic hydroxyl groups excluding tert-OH is 1. The number of hydrogen-bond donors (Lipinski definition) is 2. The van der Waals surface area contributed by atoms with Crippen LogP contribution in [0.2, 0.25) is 0 Å². The van der Waals surface area contributed by atoms with E-state index in [1.807, 2.05) is 24.3 Å². The number of amides is 1. The van der Waals surface area contributed by atoms with Gasteiger partial charge in [0.05, 0.1) is 18.8 Å². The summed E-state index contributed by atoms with van der Waals surface area (Å²) in [5.74, 6) is 0.415. The molecule has 2 N–H and O–H groups in total. The summed E-state index contributed by atoms with van der Waals surface area (Å²) in [4.78, 5) is 19.3. The number of carbonyl (C=O) groups is 1. The van der Waals surface area contributed by atoms with E-state index in [2.05, 4.69) is 58.4 Å². The highest BCUT2D eigenvalue weighted by Gasteiger charge is 2.21. The molecule has 204 valence electrons. The van der Waals surface area contributed by atoms with Crippen molar-refractivity contribution in [2.45, 2.75) is 18.9 Å². The van der Waals surface area contributed by atoms with Gasteiger partial charge in [-0.25, -0.2) is 0 Å². The molecule has 0 atom stereocenters. The Morgan fingerprint density at radius 3 is 2.48 bits per heavy atom. The number of ether oxygens (including phenoxy) is 2. The predicted octanol–water partition coefficient (Wildman–Crippen LogP) is 4.57. The van der Waals surface area contributed by atoms with Crippen molar-refractivity contribution < 1.29 is 19.4 Å². The number of piperazine rings is 1. The van der Waals surface area contributed by atoms with Crippen LogP contribution in [0.1, 0.15) is 18.4 Å². The van der Waals surface area contributed by atoms with Crippen LogP contribution >= 0.6 is 0 Å². The molecule has 3 heterocycles. The molecule has 2 aliphatic heterocycles. The fourth-order valence-corrected chi connectivity index (χ4v) is 5.59. The number of nitriles is 1. The summed E-state index contributed by atoms with van der Waals surface area (Å²) in [7, 11) is 0. The Labute approximate surface area is 233 Å². The first kappa shape index (κ1) is 25.9. The van der Waals surface area contributed by atoms with Crippen molar-refractivity contribution in [2.75, 3.05) is 50.9 Å². The van der Waals surface area contributed by atoms with Gasteiger partial charge in [-0.2, -0.15) is 5.26 Å². The average Bonchev–Trinajstić information content (AvgIpc) is 3.46. The zero-order valence-corrected chi connectivity index (χ0v) is 22.3. The van der Waals surface area contributed by atoms with Crippen LogP contribution in [0, 0.1) is 11.3 Å². The molecular formula is C32H32N4O4. The van der Waals surface area contributed by atoms with Gasteiger partial charge >= 0.3 is 0 Å². The number of aromatic amines is 1. The lowest BCUT2D eigenvalue weighted by Crippen LogP contribution is -2.49. The summed E-state index contributed by atoms with van der Waals surface area (Å²) < 4.78 is 11.6. The van der Waals surface area contributed by atoms with Gasteiger partial charge in [0, 0.05) is 61.3 Å². The lowest BCUT2D eigenvalue weighted by Gasteiger charge is -2.35. The minimum Gasteiger partial charge on any atom is -0.489 e. The molecule has 2 fully saturated rings. The molecule has 6 rings (SSSR count). The van der Waals surface area contributed by atoms with Gasteiger partial charge in [0.25, 0.3) is 0 Å². The van der Waals surface area contributed by atoms with Crippen LogP contribution < -0.4 is 9.64 Å². The molecule has 1 amide bonds. The maximum Gasteiger partial charge on any atom is 0.248 e. The van der Waals surface area contributed by atoms with Gasteiger partial charge in [-0.1, -0.05) is 30.3 Å². The minimum absolute atomic E-state index is 0.0776. The van der Waals surface area contributed by atoms with Gasteiger partial charge in [-0.15, -0.1) is 0 Å². The first-order valence-electron chi connectivity index (χ1n) is 13.8. The average molecular weight is 537 g/mol. The number of hydrogen-bond acceptors (Lipinski definition) is 6. The maximum atomic E-state index is 11.8. The smallest absolute Gasteiger partial charge is 0.248 e. The molecule has 3 aromatic carbocycles. The van der Waals surface area contributed by atoms with Gasteiger partial charge < -0.3 is 29.4 Å². The van der Waals surface area contributed by atoms with E-state index >= 15 is 0 Å². The van der Waals surface area contributed by atoms with Crippen LogP contribution in [0.4, 0.5) is 5.69 Å². The normalized spacial score (nSPS) is 16.2. The molecule has 40 heavy (non-hydrogen) atoms. The first-order valence-corrected chi connectivity index (χ1v) is 13.8. The number of carbonyl (C=O) groups excluding carboxylic acids is 1. The summed E-state index contributed by atoms with van der Waals surface area (Å²) >= 11 is 0. The summed E-state index contributed by atoms with van der Waals surface area (Å²) in [5.41, 5.74) is 6.81. The fourth-order valence-electron chi connectivity index (χ4n) is 5.59. The minimum atomic E-state index is -0.434. The summed E-state index contributed by atoms with van der Waals surface area (Å²) in [6.45, 7) is 3.65. The summed E-state index contributed by atoms with van der Waals surface area (Å²) in [6, 6.07) is 25.0. The molecule has 0 radical (unpaired) electrons. The molecule has 0 unspecified atom stereocenters. The van der Waals surface area contributed by atoms with Gasteiger partial charge in [0.1, 0.15) is 24.5 Å². The first-order chi connectivity index (χ1) is 19.6. The maximum absolute atomic E-state index is 11.8. The van der Waals surface area contributed by atoms with Crippen molar-refractivity contribution >= 4 is 22.5 Å². The quantitative estimate of drug-likeness (QED) is 0.374. The van der Waals surface area contributed by atoms with E-state index in [1.54, 1.807) is 4.90 Å². The number of fused-ring (bicyclic) bond motifs is 1. The van der Waals surface area contributed by atoms with Crippen LogP contribution in [0.25, 0.3) is 33.3 Å². The highest BCUT2D eigenvalue weighted by atomic mass is 16.5. The Kier molecular flexibility index (Phi) is 7.41.